The molecule has 1 aromatic rings. The lowest BCUT2D eigenvalue weighted by atomic mass is 9.69. The Labute approximate surface area is 110 Å². The fourth-order valence-corrected chi connectivity index (χ4v) is 3.26. The van der Waals surface area contributed by atoms with Crippen molar-refractivity contribution in [1.29, 1.82) is 0 Å². The first kappa shape index (κ1) is 13.3. The van der Waals surface area contributed by atoms with Gasteiger partial charge < -0.3 is 10.1 Å². The molecular weight excluding hydrogens is 224 g/mol. The molecule has 1 aliphatic rings. The number of nitrogens with zero attached hydrogens (tertiary/aromatic N) is 1. The summed E-state index contributed by atoms with van der Waals surface area (Å²) < 4.78 is 5.46. The van der Waals surface area contributed by atoms with Gasteiger partial charge in [0.05, 0.1) is 18.8 Å². The molecule has 3 heteroatoms. The molecule has 100 valence electrons. The summed E-state index contributed by atoms with van der Waals surface area (Å²) in [6, 6.07) is 4.20. The Morgan fingerprint density at radius 1 is 1.33 bits per heavy atom. The second-order valence-electron chi connectivity index (χ2n) is 5.53. The molecule has 1 N–H and O–H groups in total. The summed E-state index contributed by atoms with van der Waals surface area (Å²) in [7, 11) is 3.75. The van der Waals surface area contributed by atoms with Crippen molar-refractivity contribution in [3.8, 4) is 5.75 Å². The monoisotopic (exact) mass is 248 g/mol. The third-order valence-electron chi connectivity index (χ3n) is 4.27. The minimum absolute atomic E-state index is 0.272. The standard InChI is InChI=1S/C15H24N2O/c1-15(9-5-4-6-10-15)14(16-2)13-12(18-3)8-7-11-17-13/h7-8,11,14,16H,4-6,9-10H2,1-3H3. The maximum Gasteiger partial charge on any atom is 0.142 e. The zero-order valence-electron chi connectivity index (χ0n) is 11.7. The average Bonchev–Trinajstić information content (AvgIpc) is 2.40. The molecule has 0 saturated heterocycles. The third kappa shape index (κ3) is 2.51. The predicted octanol–water partition coefficient (Wildman–Crippen LogP) is 3.32. The van der Waals surface area contributed by atoms with E-state index in [1.54, 1.807) is 7.11 Å². The van der Waals surface area contributed by atoms with E-state index in [4.69, 9.17) is 4.74 Å². The molecule has 0 spiro atoms. The quantitative estimate of drug-likeness (QED) is 0.887. The number of ether oxygens (including phenoxy) is 1. The van der Waals surface area contributed by atoms with Gasteiger partial charge in [0.1, 0.15) is 5.75 Å². The van der Waals surface area contributed by atoms with Crippen molar-refractivity contribution in [2.75, 3.05) is 14.2 Å². The summed E-state index contributed by atoms with van der Waals surface area (Å²) in [5.74, 6) is 0.892. The number of pyridine rings is 1. The van der Waals surface area contributed by atoms with Gasteiger partial charge >= 0.3 is 0 Å². The van der Waals surface area contributed by atoms with Crippen LogP contribution in [0.15, 0.2) is 18.3 Å². The highest BCUT2D eigenvalue weighted by Crippen LogP contribution is 2.46. The molecular formula is C15H24N2O. The lowest BCUT2D eigenvalue weighted by molar-refractivity contribution is 0.145. The summed E-state index contributed by atoms with van der Waals surface area (Å²) in [6.45, 7) is 2.38. The van der Waals surface area contributed by atoms with E-state index in [-0.39, 0.29) is 11.5 Å². The Hall–Kier alpha value is -1.09. The first-order valence-corrected chi connectivity index (χ1v) is 6.87. The number of rotatable bonds is 4. The lowest BCUT2D eigenvalue weighted by Gasteiger charge is -2.40. The van der Waals surface area contributed by atoms with Crippen LogP contribution in [-0.2, 0) is 0 Å². The minimum atomic E-state index is 0.272. The molecule has 0 amide bonds. The van der Waals surface area contributed by atoms with Gasteiger partial charge in [0.25, 0.3) is 0 Å². The van der Waals surface area contributed by atoms with Gasteiger partial charge in [-0.05, 0) is 37.4 Å². The molecule has 3 nitrogen and oxygen atoms in total. The first-order chi connectivity index (χ1) is 8.71. The fraction of sp³-hybridized carbons (Fsp3) is 0.667. The van der Waals surface area contributed by atoms with E-state index in [0.717, 1.165) is 11.4 Å². The molecule has 2 rings (SSSR count). The Morgan fingerprint density at radius 3 is 2.67 bits per heavy atom. The summed E-state index contributed by atoms with van der Waals surface area (Å²) in [6.07, 6.45) is 8.39. The van der Waals surface area contributed by atoms with Crippen molar-refractivity contribution in [2.45, 2.75) is 45.1 Å². The number of aromatic nitrogens is 1. The van der Waals surface area contributed by atoms with Crippen molar-refractivity contribution in [2.24, 2.45) is 5.41 Å². The first-order valence-electron chi connectivity index (χ1n) is 6.87. The molecule has 1 saturated carbocycles. The number of methoxy groups -OCH3 is 1. The summed E-state index contributed by atoms with van der Waals surface area (Å²) in [5.41, 5.74) is 1.33. The van der Waals surface area contributed by atoms with Crippen LogP contribution < -0.4 is 10.1 Å². The topological polar surface area (TPSA) is 34.2 Å². The van der Waals surface area contributed by atoms with Crippen LogP contribution in [0, 0.1) is 5.41 Å². The van der Waals surface area contributed by atoms with Crippen LogP contribution in [0.2, 0.25) is 0 Å². The maximum atomic E-state index is 5.46. The highest BCUT2D eigenvalue weighted by Gasteiger charge is 2.37. The molecule has 1 fully saturated rings. The molecule has 0 radical (unpaired) electrons. The van der Waals surface area contributed by atoms with E-state index < -0.39 is 0 Å². The zero-order chi connectivity index (χ0) is 13.0. The van der Waals surface area contributed by atoms with Crippen LogP contribution in [0.3, 0.4) is 0 Å². The van der Waals surface area contributed by atoms with Gasteiger partial charge in [0, 0.05) is 6.20 Å². The van der Waals surface area contributed by atoms with Crippen LogP contribution in [0.5, 0.6) is 5.75 Å². The summed E-state index contributed by atoms with van der Waals surface area (Å²) >= 11 is 0. The molecule has 1 aromatic heterocycles. The molecule has 18 heavy (non-hydrogen) atoms. The molecule has 0 aliphatic heterocycles. The van der Waals surface area contributed by atoms with E-state index in [2.05, 4.69) is 17.2 Å². The van der Waals surface area contributed by atoms with Crippen LogP contribution in [0.1, 0.15) is 50.8 Å². The minimum Gasteiger partial charge on any atom is -0.495 e. The van der Waals surface area contributed by atoms with E-state index in [1.807, 2.05) is 25.4 Å². The van der Waals surface area contributed by atoms with Crippen molar-refractivity contribution < 1.29 is 4.74 Å². The normalized spacial score (nSPS) is 20.4. The zero-order valence-corrected chi connectivity index (χ0v) is 11.7. The average molecular weight is 248 g/mol. The second kappa shape index (κ2) is 5.70. The van der Waals surface area contributed by atoms with Crippen molar-refractivity contribution >= 4 is 0 Å². The maximum absolute atomic E-state index is 5.46. The van der Waals surface area contributed by atoms with Gasteiger partial charge in [0.2, 0.25) is 0 Å². The van der Waals surface area contributed by atoms with E-state index in [1.165, 1.54) is 32.1 Å². The number of hydrogen-bond acceptors (Lipinski definition) is 3. The Bertz CT molecular complexity index is 386. The van der Waals surface area contributed by atoms with Gasteiger partial charge in [-0.15, -0.1) is 0 Å². The molecule has 1 heterocycles. The number of nitrogens with one attached hydrogen (secondary N) is 1. The highest BCUT2D eigenvalue weighted by atomic mass is 16.5. The van der Waals surface area contributed by atoms with Crippen LogP contribution in [-0.4, -0.2) is 19.1 Å². The third-order valence-corrected chi connectivity index (χ3v) is 4.27. The van der Waals surface area contributed by atoms with Gasteiger partial charge in [-0.1, -0.05) is 26.2 Å². The summed E-state index contributed by atoms with van der Waals surface area (Å²) in [5, 5.41) is 3.46. The molecule has 1 unspecified atom stereocenters. The van der Waals surface area contributed by atoms with Gasteiger partial charge in [0.15, 0.2) is 0 Å². The van der Waals surface area contributed by atoms with Gasteiger partial charge in [-0.25, -0.2) is 0 Å². The highest BCUT2D eigenvalue weighted by molar-refractivity contribution is 5.31. The molecule has 1 aliphatic carbocycles. The van der Waals surface area contributed by atoms with E-state index in [9.17, 15) is 0 Å². The van der Waals surface area contributed by atoms with Crippen LogP contribution >= 0.6 is 0 Å². The van der Waals surface area contributed by atoms with Crippen molar-refractivity contribution in [3.05, 3.63) is 24.0 Å². The van der Waals surface area contributed by atoms with Crippen LogP contribution in [0.25, 0.3) is 0 Å². The molecule has 0 aromatic carbocycles. The summed E-state index contributed by atoms with van der Waals surface area (Å²) in [4.78, 5) is 4.55. The SMILES string of the molecule is CNC(c1ncccc1OC)C1(C)CCCCC1. The van der Waals surface area contributed by atoms with Gasteiger partial charge in [-0.3, -0.25) is 4.98 Å². The van der Waals surface area contributed by atoms with Crippen LogP contribution in [0.4, 0.5) is 0 Å². The number of hydrogen-bond donors (Lipinski definition) is 1. The smallest absolute Gasteiger partial charge is 0.142 e. The Morgan fingerprint density at radius 2 is 2.06 bits per heavy atom. The molecule has 1 atom stereocenters. The molecule has 0 bridgehead atoms. The Balaban J connectivity index is 2.32. The second-order valence-corrected chi connectivity index (χ2v) is 5.53. The van der Waals surface area contributed by atoms with E-state index >= 15 is 0 Å². The lowest BCUT2D eigenvalue weighted by Crippen LogP contribution is -2.36. The largest absolute Gasteiger partial charge is 0.495 e. The predicted molar refractivity (Wildman–Crippen MR) is 73.8 cm³/mol. The fourth-order valence-electron chi connectivity index (χ4n) is 3.26. The van der Waals surface area contributed by atoms with E-state index in [0.29, 0.717) is 0 Å². The Kier molecular flexibility index (Phi) is 4.23. The van der Waals surface area contributed by atoms with Crippen molar-refractivity contribution in [1.82, 2.24) is 10.3 Å². The van der Waals surface area contributed by atoms with Gasteiger partial charge in [-0.2, -0.15) is 0 Å². The van der Waals surface area contributed by atoms with Crippen molar-refractivity contribution in [3.63, 3.8) is 0 Å².